The molecule has 0 radical (unpaired) electrons. The van der Waals surface area contributed by atoms with Crippen LogP contribution in [-0.4, -0.2) is 67.5 Å². The minimum atomic E-state index is -0.707. The van der Waals surface area contributed by atoms with E-state index < -0.39 is 17.5 Å². The Morgan fingerprint density at radius 1 is 0.527 bits per heavy atom. The molecule has 0 spiro atoms. The van der Waals surface area contributed by atoms with Gasteiger partial charge in [0.05, 0.1) is 29.8 Å². The van der Waals surface area contributed by atoms with Crippen LogP contribution in [0.1, 0.15) is 236 Å². The third-order valence-corrected chi connectivity index (χ3v) is 28.6. The van der Waals surface area contributed by atoms with Crippen LogP contribution in [0.15, 0.2) is 0 Å². The highest BCUT2D eigenvalue weighted by atomic mass is 16.4. The summed E-state index contributed by atoms with van der Waals surface area (Å²) in [6, 6.07) is 0. The van der Waals surface area contributed by atoms with Crippen LogP contribution in [-0.2, 0) is 14.4 Å². The van der Waals surface area contributed by atoms with Crippen molar-refractivity contribution in [3.63, 3.8) is 0 Å². The van der Waals surface area contributed by atoms with Crippen molar-refractivity contribution in [1.29, 1.82) is 0 Å². The maximum absolute atomic E-state index is 12.5. The first kappa shape index (κ1) is 55.9. The molecule has 12 fully saturated rings. The van der Waals surface area contributed by atoms with Gasteiger partial charge >= 0.3 is 5.97 Å². The number of aliphatic hydroxyl groups is 4. The largest absolute Gasteiger partial charge is 0.481 e. The molecule has 0 saturated heterocycles. The van der Waals surface area contributed by atoms with Gasteiger partial charge in [-0.15, -0.1) is 0 Å². The topological polar surface area (TPSA) is 152 Å². The van der Waals surface area contributed by atoms with E-state index in [0.29, 0.717) is 93.9 Å². The molecule has 0 aliphatic heterocycles. The molecule has 8 nitrogen and oxygen atoms in total. The lowest BCUT2D eigenvalue weighted by atomic mass is 9.43. The zero-order valence-corrected chi connectivity index (χ0v) is 48.5. The van der Waals surface area contributed by atoms with Crippen molar-refractivity contribution < 1.29 is 39.9 Å². The van der Waals surface area contributed by atoms with Gasteiger partial charge in [-0.25, -0.2) is 0 Å². The van der Waals surface area contributed by atoms with E-state index in [1.54, 1.807) is 6.92 Å². The Bertz CT molecular complexity index is 2070. The molecule has 420 valence electrons. The summed E-state index contributed by atoms with van der Waals surface area (Å²) in [5.74, 6) is 10.6. The number of ketones is 2. The number of carbonyl (C=O) groups excluding carboxylic acids is 2. The maximum Gasteiger partial charge on any atom is 0.303 e. The Hall–Kier alpha value is -1.35. The third kappa shape index (κ3) is 8.77. The second-order valence-electron chi connectivity index (χ2n) is 31.2. The molecule has 0 bridgehead atoms. The fourth-order valence-corrected chi connectivity index (χ4v) is 24.0. The van der Waals surface area contributed by atoms with Crippen LogP contribution >= 0.6 is 0 Å². The van der Waals surface area contributed by atoms with Crippen molar-refractivity contribution in [3.8, 4) is 0 Å². The number of carboxylic acid groups (broad SMARTS) is 1. The second kappa shape index (κ2) is 20.3. The van der Waals surface area contributed by atoms with E-state index in [9.17, 15) is 34.8 Å². The molecule has 12 saturated carbocycles. The van der Waals surface area contributed by atoms with E-state index in [4.69, 9.17) is 5.11 Å². The van der Waals surface area contributed by atoms with Crippen molar-refractivity contribution >= 4 is 17.5 Å². The third-order valence-electron chi connectivity index (χ3n) is 28.6. The average Bonchev–Trinajstić information content (AvgIpc) is 4.02. The lowest BCUT2D eigenvalue weighted by molar-refractivity contribution is -0.175. The van der Waals surface area contributed by atoms with E-state index >= 15 is 0 Å². The highest BCUT2D eigenvalue weighted by molar-refractivity contribution is 5.88. The van der Waals surface area contributed by atoms with Crippen molar-refractivity contribution in [2.75, 3.05) is 0 Å². The quantitative estimate of drug-likeness (QED) is 0.183. The number of hydrogen-bond acceptors (Lipinski definition) is 7. The Morgan fingerprint density at radius 3 is 1.51 bits per heavy atom. The molecule has 0 amide bonds. The molecular formula is C66H108O8. The highest BCUT2D eigenvalue weighted by Gasteiger charge is 2.67. The lowest BCUT2D eigenvalue weighted by Gasteiger charge is -2.62. The minimum absolute atomic E-state index is 0.0591. The normalized spacial score (nSPS) is 55.2. The molecule has 8 heteroatoms. The summed E-state index contributed by atoms with van der Waals surface area (Å²) in [5, 5.41) is 52.8. The van der Waals surface area contributed by atoms with Gasteiger partial charge in [0, 0.05) is 24.2 Å². The molecule has 27 atom stereocenters. The average molecular weight is 1030 g/mol. The highest BCUT2D eigenvalue weighted by Crippen LogP contribution is 2.71. The van der Waals surface area contributed by atoms with E-state index in [-0.39, 0.29) is 46.9 Å². The first-order valence-electron chi connectivity index (χ1n) is 31.8. The molecule has 74 heavy (non-hydrogen) atoms. The van der Waals surface area contributed by atoms with Gasteiger partial charge in [0.25, 0.3) is 0 Å². The van der Waals surface area contributed by atoms with Gasteiger partial charge in [0.15, 0.2) is 0 Å². The van der Waals surface area contributed by atoms with E-state index in [1.165, 1.54) is 83.5 Å². The summed E-state index contributed by atoms with van der Waals surface area (Å²) in [6.45, 7) is 23.0. The molecular weight excluding hydrogens is 921 g/mol. The lowest BCUT2D eigenvalue weighted by Crippen LogP contribution is -2.58. The summed E-state index contributed by atoms with van der Waals surface area (Å²) < 4.78 is 0. The number of carbonyl (C=O) groups is 3. The van der Waals surface area contributed by atoms with Crippen LogP contribution in [0.5, 0.6) is 0 Å². The Labute approximate surface area is 449 Å². The zero-order valence-electron chi connectivity index (χ0n) is 48.5. The van der Waals surface area contributed by atoms with Crippen molar-refractivity contribution in [1.82, 2.24) is 0 Å². The number of fused-ring (bicyclic) bond motifs is 15. The maximum atomic E-state index is 12.5. The fraction of sp³-hybridized carbons (Fsp3) is 0.955. The Kier molecular flexibility index (Phi) is 15.4. The monoisotopic (exact) mass is 1030 g/mol. The van der Waals surface area contributed by atoms with Gasteiger partial charge in [-0.1, -0.05) is 68.2 Å². The van der Waals surface area contributed by atoms with Gasteiger partial charge in [0.1, 0.15) is 11.6 Å². The van der Waals surface area contributed by atoms with E-state index in [1.807, 2.05) is 0 Å². The molecule has 0 aromatic rings. The van der Waals surface area contributed by atoms with Crippen LogP contribution in [0.2, 0.25) is 0 Å². The first-order valence-corrected chi connectivity index (χ1v) is 31.8. The molecule has 0 aromatic heterocycles. The van der Waals surface area contributed by atoms with Crippen LogP contribution in [0.3, 0.4) is 0 Å². The summed E-state index contributed by atoms with van der Waals surface area (Å²) in [7, 11) is 0. The smallest absolute Gasteiger partial charge is 0.303 e. The minimum Gasteiger partial charge on any atom is -0.481 e. The van der Waals surface area contributed by atoms with Gasteiger partial charge in [-0.3, -0.25) is 14.4 Å². The molecule has 12 rings (SSSR count). The molecule has 11 unspecified atom stereocenters. The van der Waals surface area contributed by atoms with Crippen LogP contribution < -0.4 is 0 Å². The van der Waals surface area contributed by atoms with Crippen LogP contribution in [0.25, 0.3) is 0 Å². The molecule has 5 N–H and O–H groups in total. The number of aliphatic carboxylic acids is 1. The fourth-order valence-electron chi connectivity index (χ4n) is 24.0. The molecule has 0 heterocycles. The van der Waals surface area contributed by atoms with Crippen LogP contribution in [0, 0.1) is 133 Å². The number of carboxylic acids is 1. The predicted molar refractivity (Wildman–Crippen MR) is 292 cm³/mol. The van der Waals surface area contributed by atoms with E-state index in [0.717, 1.165) is 100 Å². The Morgan fingerprint density at radius 2 is 0.986 bits per heavy atom. The predicted octanol–water partition coefficient (Wildman–Crippen LogP) is 13.5. The number of hydrogen-bond donors (Lipinski definition) is 5. The van der Waals surface area contributed by atoms with Crippen molar-refractivity contribution in [2.45, 2.75) is 261 Å². The summed E-state index contributed by atoms with van der Waals surface area (Å²) in [4.78, 5) is 35.7. The molecule has 12 aliphatic rings. The summed E-state index contributed by atoms with van der Waals surface area (Å²) >= 11 is 0. The van der Waals surface area contributed by atoms with Gasteiger partial charge in [-0.2, -0.15) is 0 Å². The number of aliphatic hydroxyl groups excluding tert-OH is 4. The molecule has 12 aliphatic carbocycles. The second-order valence-corrected chi connectivity index (χ2v) is 31.2. The van der Waals surface area contributed by atoms with Crippen molar-refractivity contribution in [3.05, 3.63) is 0 Å². The number of Topliss-reactive ketones (excluding diaryl/α,β-unsaturated/α-hetero) is 2. The SMILES string of the molecule is CC(=O)C1CCC2C3CC[C@@H]4C[C@H](C)CC[C@]4(C)C3C[C@H](O)[C@]12C.C[C@@H]1CC[C@]2(C)C3C[C@H](O)[C@]4(C)C(=O)CCC4C3CC[C@@H]2C1.C[C@H](CCC(=O)O)C1CCC2C3CC[C@@H]4C[C@H](O)CC[C@]4(C)C3C[C@H](O)[C@@]21C. The van der Waals surface area contributed by atoms with E-state index in [2.05, 4.69) is 62.3 Å². The van der Waals surface area contributed by atoms with Gasteiger partial charge in [-0.05, 0) is 271 Å². The van der Waals surface area contributed by atoms with Gasteiger partial charge in [0.2, 0.25) is 0 Å². The van der Waals surface area contributed by atoms with Crippen molar-refractivity contribution in [2.24, 2.45) is 133 Å². The number of rotatable bonds is 5. The summed E-state index contributed by atoms with van der Waals surface area (Å²) in [6.07, 6.45) is 27.9. The standard InChI is InChI=1S/C24H40O4.C22H36O2.C20H32O2/c1-14(4-9-22(27)28)18-7-8-19-17-6-5-15-12-16(25)10-11-23(15,2)20(17)13-21(26)24(18,19)3;1-13-9-10-21(3)15(11-13)5-6-16-18-8-7-17(14(2)23)22(18,4)20(24)12-19(16)21;1-12-8-9-19(2)13(10-12)4-5-14-15-6-7-17(21)20(15,3)18(22)11-16(14)19/h14-21,25-26H,4-13H2,1-3H3,(H,27,28);13,15-20,24H,5-12H2,1-4H3;12-16,18,22H,4-11H2,1-3H3/t14-,15-,16-,17?,18?,19?,20?,21+,23+,24-;13-,15-,16?,17?,18?,19?,20+,21+,22-;12-,13-,14?,15?,16?,18+,19+,20+/m111/s1. The zero-order chi connectivity index (χ0) is 53.2. The van der Waals surface area contributed by atoms with Gasteiger partial charge < -0.3 is 25.5 Å². The first-order chi connectivity index (χ1) is 34.8. The van der Waals surface area contributed by atoms with Crippen LogP contribution in [0.4, 0.5) is 0 Å². The summed E-state index contributed by atoms with van der Waals surface area (Å²) in [5.41, 5.74) is 0.494. The Balaban J connectivity index is 0.000000128. The molecule has 0 aromatic carbocycles.